The van der Waals surface area contributed by atoms with Crippen LogP contribution in [0.5, 0.6) is 0 Å². The van der Waals surface area contributed by atoms with E-state index in [1.165, 1.54) is 5.56 Å². The van der Waals surface area contributed by atoms with Crippen molar-refractivity contribution in [1.82, 2.24) is 9.13 Å². The molecule has 4 heterocycles. The largest absolute Gasteiger partial charge is 0.311 e. The standard InChI is InChI=1S/C68H54BN3/c1-67(2,3)44-33-38-61(55(40-44)43-20-8-7-9-21-43)71-62-39-35-54-50-25-13-11-23-48(50)47-22-10-12-24-49(47)51-26-14-19-31-60(51)72-63-41-45(68(4,5)6)32-36-56(63)69(65(62)66(54)72)57-37-34-46(42-64(57)71)70-58-29-17-15-27-52(58)53-28-16-18-30-59(53)70/h7-42H,1-6H3/i15D,16D,17D,18D,27D,28D,29D,30D. The minimum absolute atomic E-state index is 0.0373. The predicted molar refractivity (Wildman–Crippen MR) is 310 cm³/mol. The summed E-state index contributed by atoms with van der Waals surface area (Å²) in [5.41, 5.74) is 13.7. The zero-order chi connectivity index (χ0) is 55.6. The number of hydrogen-bond donors (Lipinski definition) is 0. The number of fused-ring (bicyclic) bond motifs is 15. The Kier molecular flexibility index (Phi) is 7.55. The van der Waals surface area contributed by atoms with Gasteiger partial charge in [0.15, 0.2) is 0 Å². The normalized spacial score (nSPS) is 14.6. The molecule has 0 saturated carbocycles. The Balaban J connectivity index is 1.22. The molecule has 4 heteroatoms. The molecule has 0 amide bonds. The summed E-state index contributed by atoms with van der Waals surface area (Å²) in [6.07, 6.45) is 0. The molecule has 10 aromatic carbocycles. The third-order valence-corrected chi connectivity index (χ3v) is 15.3. The number of aromatic nitrogens is 2. The Labute approximate surface area is 432 Å². The van der Waals surface area contributed by atoms with Gasteiger partial charge >= 0.3 is 0 Å². The number of hydrogen-bond acceptors (Lipinski definition) is 1. The first-order chi connectivity index (χ1) is 38.3. The lowest BCUT2D eigenvalue weighted by atomic mass is 9.33. The van der Waals surface area contributed by atoms with Gasteiger partial charge in [0.1, 0.15) is 0 Å². The van der Waals surface area contributed by atoms with Crippen molar-refractivity contribution >= 4 is 105 Å². The molecule has 0 atom stereocenters. The van der Waals surface area contributed by atoms with Gasteiger partial charge in [-0.15, -0.1) is 0 Å². The van der Waals surface area contributed by atoms with Crippen molar-refractivity contribution < 1.29 is 11.0 Å². The zero-order valence-corrected chi connectivity index (χ0v) is 41.1. The van der Waals surface area contributed by atoms with Crippen molar-refractivity contribution in [3.05, 3.63) is 229 Å². The molecule has 0 saturated heterocycles. The molecule has 3 nitrogen and oxygen atoms in total. The highest BCUT2D eigenvalue weighted by atomic mass is 15.2. The molecule has 0 unspecified atom stereocenters. The van der Waals surface area contributed by atoms with Crippen LogP contribution in [0.1, 0.15) is 63.6 Å². The maximum absolute atomic E-state index is 9.50. The van der Waals surface area contributed by atoms with Crippen LogP contribution < -0.4 is 21.3 Å². The van der Waals surface area contributed by atoms with Crippen molar-refractivity contribution in [2.45, 2.75) is 52.4 Å². The van der Waals surface area contributed by atoms with E-state index in [0.29, 0.717) is 5.69 Å². The van der Waals surface area contributed by atoms with Gasteiger partial charge in [-0.1, -0.05) is 205 Å². The summed E-state index contributed by atoms with van der Waals surface area (Å²) in [6, 6.07) is 57.9. The van der Waals surface area contributed by atoms with Gasteiger partial charge in [-0.3, -0.25) is 0 Å². The molecule has 344 valence electrons. The van der Waals surface area contributed by atoms with Crippen LogP contribution in [0.25, 0.3) is 87.7 Å². The van der Waals surface area contributed by atoms with Crippen molar-refractivity contribution in [3.8, 4) is 22.5 Å². The van der Waals surface area contributed by atoms with E-state index >= 15 is 0 Å². The lowest BCUT2D eigenvalue weighted by Gasteiger charge is -2.42. The molecule has 0 bridgehead atoms. The van der Waals surface area contributed by atoms with Crippen LogP contribution in [0.2, 0.25) is 0 Å². The SMILES string of the molecule is [2H]c1c([2H])c([2H])c2c(c1[2H])c1c([2H])c([2H])c([2H])c([2H])c1n2-c1ccc2c(c1)N(c1ccc(C(C)(C)C)cc1-c1ccccc1)c1ccc3c4ccccc4c4ccccc4c4ccccc4n4c3c1B2c1ccc(C(C)(C)C)cc1-4. The van der Waals surface area contributed by atoms with E-state index < -0.39 is 24.2 Å². The van der Waals surface area contributed by atoms with E-state index in [1.54, 1.807) is 4.57 Å². The quantitative estimate of drug-likeness (QED) is 0.161. The molecule has 0 spiro atoms. The molecule has 14 rings (SSSR count). The fourth-order valence-electron chi connectivity index (χ4n) is 11.9. The van der Waals surface area contributed by atoms with Crippen LogP contribution in [0.4, 0.5) is 17.1 Å². The smallest absolute Gasteiger partial charge is 0.252 e. The van der Waals surface area contributed by atoms with Crippen molar-refractivity contribution in [1.29, 1.82) is 0 Å². The average Bonchev–Trinajstić information content (AvgIpc) is 2.90. The molecule has 0 aliphatic carbocycles. The first-order valence-electron chi connectivity index (χ1n) is 28.9. The molecule has 2 aliphatic rings. The summed E-state index contributed by atoms with van der Waals surface area (Å²) in [6.45, 7) is 13.1. The molecule has 2 aliphatic heterocycles. The molecule has 0 radical (unpaired) electrons. The van der Waals surface area contributed by atoms with Gasteiger partial charge in [0.25, 0.3) is 6.71 Å². The highest BCUT2D eigenvalue weighted by molar-refractivity contribution is 7.00. The molecular formula is C68H54BN3. The fraction of sp³-hybridized carbons (Fsp3) is 0.118. The molecule has 12 aromatic rings. The maximum atomic E-state index is 9.50. The second kappa shape index (κ2) is 15.6. The molecule has 72 heavy (non-hydrogen) atoms. The van der Waals surface area contributed by atoms with E-state index in [2.05, 4.69) is 209 Å². The van der Waals surface area contributed by atoms with Gasteiger partial charge in [-0.2, -0.15) is 0 Å². The second-order valence-electron chi connectivity index (χ2n) is 21.5. The van der Waals surface area contributed by atoms with E-state index in [-0.39, 0.29) is 63.5 Å². The number of benzene rings is 10. The fourth-order valence-corrected chi connectivity index (χ4v) is 11.9. The van der Waals surface area contributed by atoms with Crippen LogP contribution in [0.3, 0.4) is 0 Å². The van der Waals surface area contributed by atoms with Gasteiger partial charge in [0, 0.05) is 49.9 Å². The van der Waals surface area contributed by atoms with Gasteiger partial charge in [0.2, 0.25) is 0 Å². The summed E-state index contributed by atoms with van der Waals surface area (Å²) in [5.74, 6) is 0. The van der Waals surface area contributed by atoms with E-state index in [1.807, 2.05) is 12.1 Å². The van der Waals surface area contributed by atoms with Crippen molar-refractivity contribution in [3.63, 3.8) is 0 Å². The van der Waals surface area contributed by atoms with Crippen LogP contribution in [0, 0.1) is 0 Å². The highest BCUT2D eigenvalue weighted by Gasteiger charge is 2.42. The maximum Gasteiger partial charge on any atom is 0.252 e. The summed E-state index contributed by atoms with van der Waals surface area (Å²) in [5, 5.41) is 6.79. The van der Waals surface area contributed by atoms with Gasteiger partial charge in [-0.05, 0) is 120 Å². The van der Waals surface area contributed by atoms with Crippen LogP contribution >= 0.6 is 0 Å². The summed E-state index contributed by atoms with van der Waals surface area (Å²) >= 11 is 0. The van der Waals surface area contributed by atoms with E-state index in [9.17, 15) is 5.48 Å². The zero-order valence-electron chi connectivity index (χ0n) is 49.1. The first-order valence-corrected chi connectivity index (χ1v) is 24.9. The van der Waals surface area contributed by atoms with Crippen LogP contribution in [-0.2, 0) is 10.8 Å². The lowest BCUT2D eigenvalue weighted by Crippen LogP contribution is -2.60. The Morgan fingerprint density at radius 1 is 0.389 bits per heavy atom. The first kappa shape index (κ1) is 34.9. The van der Waals surface area contributed by atoms with E-state index in [0.717, 1.165) is 99.2 Å². The molecule has 0 fully saturated rings. The van der Waals surface area contributed by atoms with Crippen molar-refractivity contribution in [2.75, 3.05) is 4.90 Å². The summed E-state index contributed by atoms with van der Waals surface area (Å²) in [7, 11) is 0. The summed E-state index contributed by atoms with van der Waals surface area (Å²) in [4.78, 5) is 2.37. The monoisotopic (exact) mass is 931 g/mol. The van der Waals surface area contributed by atoms with Crippen molar-refractivity contribution in [2.24, 2.45) is 0 Å². The number of anilines is 3. The second-order valence-corrected chi connectivity index (χ2v) is 21.5. The van der Waals surface area contributed by atoms with Gasteiger partial charge < -0.3 is 14.0 Å². The lowest BCUT2D eigenvalue weighted by molar-refractivity contribution is 0.590. The Morgan fingerprint density at radius 2 is 0.917 bits per heavy atom. The van der Waals surface area contributed by atoms with Crippen LogP contribution in [0.15, 0.2) is 218 Å². The topological polar surface area (TPSA) is 13.1 Å². The average molecular weight is 932 g/mol. The Hall–Kier alpha value is -8.34. The number of para-hydroxylation sites is 3. The molecular weight excluding hydrogens is 870 g/mol. The number of nitrogens with zero attached hydrogens (tertiary/aromatic N) is 3. The minimum Gasteiger partial charge on any atom is -0.311 e. The van der Waals surface area contributed by atoms with Gasteiger partial charge in [0.05, 0.1) is 38.7 Å². The third kappa shape index (κ3) is 6.24. The Morgan fingerprint density at radius 3 is 1.58 bits per heavy atom. The van der Waals surface area contributed by atoms with Gasteiger partial charge in [-0.25, -0.2) is 0 Å². The van der Waals surface area contributed by atoms with Crippen LogP contribution in [-0.4, -0.2) is 15.8 Å². The highest BCUT2D eigenvalue weighted by Crippen LogP contribution is 2.47. The molecule has 2 aromatic heterocycles. The minimum atomic E-state index is -0.478. The summed E-state index contributed by atoms with van der Waals surface area (Å²) < 4.78 is 77.3. The predicted octanol–water partition coefficient (Wildman–Crippen LogP) is 16.2. The number of rotatable bonds is 3. The third-order valence-electron chi connectivity index (χ3n) is 15.3. The van der Waals surface area contributed by atoms with E-state index in [4.69, 9.17) is 5.48 Å². The Bertz CT molecular complexity index is 4720. The molecule has 0 N–H and O–H groups in total.